The summed E-state index contributed by atoms with van der Waals surface area (Å²) in [4.78, 5) is 12.0. The van der Waals surface area contributed by atoms with Gasteiger partial charge >= 0.3 is 5.97 Å². The average Bonchev–Trinajstić information content (AvgIpc) is 2.37. The van der Waals surface area contributed by atoms with Gasteiger partial charge in [-0.15, -0.1) is 0 Å². The third kappa shape index (κ3) is 4.60. The van der Waals surface area contributed by atoms with Crippen molar-refractivity contribution >= 4 is 5.97 Å². The third-order valence-corrected chi connectivity index (χ3v) is 2.60. The monoisotopic (exact) mass is 296 g/mol. The number of azo groups is 1. The number of benzene rings is 1. The maximum atomic E-state index is 13.9. The predicted molar refractivity (Wildman–Crippen MR) is 76.4 cm³/mol. The lowest BCUT2D eigenvalue weighted by atomic mass is 9.93. The fourth-order valence-corrected chi connectivity index (χ4v) is 1.66. The molecule has 1 atom stereocenters. The van der Waals surface area contributed by atoms with Crippen molar-refractivity contribution in [3.63, 3.8) is 0 Å². The Hall–Kier alpha value is -1.82. The molecular formula is C15H21FN2O3. The van der Waals surface area contributed by atoms with E-state index in [1.807, 2.05) is 20.8 Å². The van der Waals surface area contributed by atoms with Crippen molar-refractivity contribution < 1.29 is 19.0 Å². The van der Waals surface area contributed by atoms with Crippen LogP contribution >= 0.6 is 0 Å². The molecule has 6 heteroatoms. The van der Waals surface area contributed by atoms with E-state index in [0.717, 1.165) is 0 Å². The molecule has 1 N–H and O–H groups in total. The normalized spacial score (nSPS) is 15.0. The van der Waals surface area contributed by atoms with Crippen LogP contribution in [-0.4, -0.2) is 29.8 Å². The van der Waals surface area contributed by atoms with E-state index in [-0.39, 0.29) is 12.2 Å². The molecule has 1 rings (SSSR count). The Bertz CT molecular complexity index is 526. The summed E-state index contributed by atoms with van der Waals surface area (Å²) in [6.07, 6.45) is 0. The van der Waals surface area contributed by atoms with E-state index in [4.69, 9.17) is 4.74 Å². The quantitative estimate of drug-likeness (QED) is 0.671. The van der Waals surface area contributed by atoms with Gasteiger partial charge in [0.25, 0.3) is 0 Å². The smallest absolute Gasteiger partial charge is 0.345 e. The van der Waals surface area contributed by atoms with Gasteiger partial charge in [-0.2, -0.15) is 10.2 Å². The van der Waals surface area contributed by atoms with E-state index in [2.05, 4.69) is 10.2 Å². The highest BCUT2D eigenvalue weighted by atomic mass is 19.1. The minimum absolute atomic E-state index is 0.0754. The molecular weight excluding hydrogens is 275 g/mol. The highest BCUT2D eigenvalue weighted by molar-refractivity contribution is 5.81. The van der Waals surface area contributed by atoms with E-state index in [9.17, 15) is 14.3 Å². The molecule has 0 aliphatic rings. The highest BCUT2D eigenvalue weighted by Gasteiger charge is 2.42. The van der Waals surface area contributed by atoms with Gasteiger partial charge in [0.1, 0.15) is 12.4 Å². The summed E-state index contributed by atoms with van der Waals surface area (Å²) in [5.74, 6) is -1.64. The molecule has 0 unspecified atom stereocenters. The number of nitrogens with zero attached hydrogens (tertiary/aromatic N) is 2. The van der Waals surface area contributed by atoms with Crippen molar-refractivity contribution in [1.29, 1.82) is 0 Å². The highest BCUT2D eigenvalue weighted by Crippen LogP contribution is 2.26. The number of carbonyl (C=O) groups excluding carboxylic acids is 1. The van der Waals surface area contributed by atoms with Crippen LogP contribution < -0.4 is 0 Å². The van der Waals surface area contributed by atoms with Gasteiger partial charge in [0.05, 0.1) is 12.1 Å². The lowest BCUT2D eigenvalue weighted by Crippen LogP contribution is -2.41. The van der Waals surface area contributed by atoms with E-state index >= 15 is 0 Å². The molecule has 0 bridgehead atoms. The molecule has 21 heavy (non-hydrogen) atoms. The van der Waals surface area contributed by atoms with E-state index < -0.39 is 29.5 Å². The lowest BCUT2D eigenvalue weighted by molar-refractivity contribution is -0.165. The number of hydrogen-bond donors (Lipinski definition) is 1. The predicted octanol–water partition coefficient (Wildman–Crippen LogP) is 2.83. The second-order valence-corrected chi connectivity index (χ2v) is 5.63. The van der Waals surface area contributed by atoms with Gasteiger partial charge in [0, 0.05) is 5.56 Å². The van der Waals surface area contributed by atoms with Crippen LogP contribution in [0.1, 0.15) is 33.3 Å². The van der Waals surface area contributed by atoms with Crippen LogP contribution in [-0.2, 0) is 15.1 Å². The van der Waals surface area contributed by atoms with Crippen molar-refractivity contribution in [2.24, 2.45) is 10.2 Å². The molecule has 1 aromatic rings. The summed E-state index contributed by atoms with van der Waals surface area (Å²) in [6, 6.07) is 5.50. The summed E-state index contributed by atoms with van der Waals surface area (Å²) in [7, 11) is 0. The summed E-state index contributed by atoms with van der Waals surface area (Å²) in [6.45, 7) is 6.75. The average molecular weight is 296 g/mol. The molecule has 1 aromatic carbocycles. The number of ether oxygens (including phenoxy) is 1. The van der Waals surface area contributed by atoms with Crippen LogP contribution in [0.5, 0.6) is 0 Å². The number of rotatable bonds is 5. The second kappa shape index (κ2) is 6.76. The standard InChI is InChI=1S/C15H21FN2O3/c1-5-21-13(19)15(20,10-17-18-14(2,3)4)11-8-6-7-9-12(11)16/h6-9,20H,5,10H2,1-4H3/t15-/m0/s1. The number of hydrogen-bond acceptors (Lipinski definition) is 5. The molecule has 0 spiro atoms. The van der Waals surface area contributed by atoms with Crippen LogP contribution in [0.3, 0.4) is 0 Å². The molecule has 0 aromatic heterocycles. The Kier molecular flexibility index (Phi) is 5.54. The van der Waals surface area contributed by atoms with Crippen molar-refractivity contribution in [1.82, 2.24) is 0 Å². The van der Waals surface area contributed by atoms with Crippen molar-refractivity contribution in [3.8, 4) is 0 Å². The van der Waals surface area contributed by atoms with Crippen molar-refractivity contribution in [2.75, 3.05) is 13.2 Å². The van der Waals surface area contributed by atoms with Gasteiger partial charge < -0.3 is 9.84 Å². The second-order valence-electron chi connectivity index (χ2n) is 5.63. The molecule has 0 radical (unpaired) electrons. The Morgan fingerprint density at radius 2 is 1.95 bits per heavy atom. The largest absolute Gasteiger partial charge is 0.464 e. The fourth-order valence-electron chi connectivity index (χ4n) is 1.66. The Morgan fingerprint density at radius 3 is 2.48 bits per heavy atom. The first-order valence-electron chi connectivity index (χ1n) is 6.74. The number of carbonyl (C=O) groups is 1. The summed E-state index contributed by atoms with van der Waals surface area (Å²) >= 11 is 0. The summed E-state index contributed by atoms with van der Waals surface area (Å²) < 4.78 is 18.7. The molecule has 0 aliphatic heterocycles. The minimum Gasteiger partial charge on any atom is -0.464 e. The Morgan fingerprint density at radius 1 is 1.33 bits per heavy atom. The van der Waals surface area contributed by atoms with E-state index in [0.29, 0.717) is 0 Å². The van der Waals surface area contributed by atoms with Gasteiger partial charge in [-0.25, -0.2) is 9.18 Å². The zero-order valence-electron chi connectivity index (χ0n) is 12.8. The topological polar surface area (TPSA) is 71.2 Å². The van der Waals surface area contributed by atoms with Gasteiger partial charge in [0.2, 0.25) is 5.60 Å². The Balaban J connectivity index is 3.15. The summed E-state index contributed by atoms with van der Waals surface area (Å²) in [5, 5.41) is 18.4. The zero-order valence-corrected chi connectivity index (χ0v) is 12.8. The number of aliphatic hydroxyl groups is 1. The molecule has 0 fully saturated rings. The maximum Gasteiger partial charge on any atom is 0.345 e. The van der Waals surface area contributed by atoms with Crippen molar-refractivity contribution in [2.45, 2.75) is 38.8 Å². The van der Waals surface area contributed by atoms with Crippen LogP contribution in [0.2, 0.25) is 0 Å². The van der Waals surface area contributed by atoms with Crippen LogP contribution in [0.15, 0.2) is 34.5 Å². The fraction of sp³-hybridized carbons (Fsp3) is 0.533. The molecule has 5 nitrogen and oxygen atoms in total. The SMILES string of the molecule is CCOC(=O)[C@](O)(CN=NC(C)(C)C)c1ccccc1F. The molecule has 0 amide bonds. The first-order valence-corrected chi connectivity index (χ1v) is 6.74. The summed E-state index contributed by atoms with van der Waals surface area (Å²) in [5.41, 5.74) is -2.81. The molecule has 0 aliphatic carbocycles. The maximum absolute atomic E-state index is 13.9. The van der Waals surface area contributed by atoms with Gasteiger partial charge in [-0.3, -0.25) is 0 Å². The zero-order chi connectivity index (χ0) is 16.1. The van der Waals surface area contributed by atoms with Gasteiger partial charge in [-0.1, -0.05) is 18.2 Å². The van der Waals surface area contributed by atoms with Gasteiger partial charge in [-0.05, 0) is 33.8 Å². The van der Waals surface area contributed by atoms with Crippen molar-refractivity contribution in [3.05, 3.63) is 35.6 Å². The van der Waals surface area contributed by atoms with Crippen LogP contribution in [0, 0.1) is 5.82 Å². The third-order valence-electron chi connectivity index (χ3n) is 2.60. The molecule has 0 saturated carbocycles. The van der Waals surface area contributed by atoms with Crippen LogP contribution in [0.25, 0.3) is 0 Å². The minimum atomic E-state index is -2.18. The number of halogens is 1. The van der Waals surface area contributed by atoms with Crippen LogP contribution in [0.4, 0.5) is 4.39 Å². The molecule has 0 heterocycles. The first-order chi connectivity index (χ1) is 9.70. The lowest BCUT2D eigenvalue weighted by Gasteiger charge is -2.24. The molecule has 0 saturated heterocycles. The molecule has 116 valence electrons. The first kappa shape index (κ1) is 17.2. The van der Waals surface area contributed by atoms with E-state index in [1.165, 1.54) is 24.3 Å². The Labute approximate surface area is 123 Å². The van der Waals surface area contributed by atoms with Gasteiger partial charge in [0.15, 0.2) is 0 Å². The van der Waals surface area contributed by atoms with E-state index in [1.54, 1.807) is 6.92 Å². The number of esters is 1.